The molecule has 108 valence electrons. The molecule has 3 unspecified atom stereocenters. The molecule has 2 amide bonds. The maximum absolute atomic E-state index is 12.0. The monoisotopic (exact) mass is 267 g/mol. The summed E-state index contributed by atoms with van der Waals surface area (Å²) in [7, 11) is 0. The quantitative estimate of drug-likeness (QED) is 0.696. The molecule has 0 radical (unpaired) electrons. The highest BCUT2D eigenvalue weighted by molar-refractivity contribution is 5.87. The van der Waals surface area contributed by atoms with Gasteiger partial charge in [-0.05, 0) is 38.5 Å². The first kappa shape index (κ1) is 14.3. The number of fused-ring (bicyclic) bond motifs is 1. The van der Waals surface area contributed by atoms with Crippen LogP contribution in [-0.2, 0) is 9.59 Å². The van der Waals surface area contributed by atoms with E-state index in [-0.39, 0.29) is 24.4 Å². The van der Waals surface area contributed by atoms with Crippen molar-refractivity contribution in [2.75, 3.05) is 13.1 Å². The minimum atomic E-state index is -0.123. The lowest BCUT2D eigenvalue weighted by Gasteiger charge is -2.39. The summed E-state index contributed by atoms with van der Waals surface area (Å²) in [4.78, 5) is 23.3. The largest absolute Gasteiger partial charge is 0.355 e. The molecule has 5 heteroatoms. The van der Waals surface area contributed by atoms with Crippen LogP contribution in [0.4, 0.5) is 0 Å². The number of hydrogen-bond donors (Lipinski definition) is 3. The summed E-state index contributed by atoms with van der Waals surface area (Å²) in [6, 6.07) is 0.386. The van der Waals surface area contributed by atoms with Crippen molar-refractivity contribution < 1.29 is 9.59 Å². The summed E-state index contributed by atoms with van der Waals surface area (Å²) in [5.74, 6) is 0.596. The van der Waals surface area contributed by atoms with Gasteiger partial charge in [0.05, 0.1) is 12.6 Å². The molecule has 0 aromatic heterocycles. The number of rotatable bonds is 4. The summed E-state index contributed by atoms with van der Waals surface area (Å²) < 4.78 is 0. The minimum absolute atomic E-state index is 0.0322. The second kappa shape index (κ2) is 6.89. The van der Waals surface area contributed by atoms with E-state index >= 15 is 0 Å². The van der Waals surface area contributed by atoms with E-state index < -0.39 is 0 Å². The Bertz CT molecular complexity index is 333. The van der Waals surface area contributed by atoms with Gasteiger partial charge in [0.2, 0.25) is 11.8 Å². The predicted octanol–water partition coefficient (Wildman–Crippen LogP) is 0.549. The molecule has 19 heavy (non-hydrogen) atoms. The van der Waals surface area contributed by atoms with E-state index in [0.29, 0.717) is 12.6 Å². The van der Waals surface area contributed by atoms with Crippen LogP contribution in [0.5, 0.6) is 0 Å². The summed E-state index contributed by atoms with van der Waals surface area (Å²) in [5.41, 5.74) is 0. The van der Waals surface area contributed by atoms with Crippen LogP contribution in [0.25, 0.3) is 0 Å². The van der Waals surface area contributed by atoms with E-state index in [9.17, 15) is 9.59 Å². The highest BCUT2D eigenvalue weighted by Crippen LogP contribution is 2.32. The summed E-state index contributed by atoms with van der Waals surface area (Å²) >= 11 is 0. The molecular formula is C14H25N3O2. The van der Waals surface area contributed by atoms with Crippen molar-refractivity contribution in [2.24, 2.45) is 5.92 Å². The third-order valence-corrected chi connectivity index (χ3v) is 4.26. The van der Waals surface area contributed by atoms with Crippen LogP contribution >= 0.6 is 0 Å². The Balaban J connectivity index is 1.75. The van der Waals surface area contributed by atoms with Crippen LogP contribution < -0.4 is 16.0 Å². The Morgan fingerprint density at radius 3 is 2.68 bits per heavy atom. The third-order valence-electron chi connectivity index (χ3n) is 4.26. The summed E-state index contributed by atoms with van der Waals surface area (Å²) in [6.45, 7) is 2.55. The van der Waals surface area contributed by atoms with Gasteiger partial charge in [0.15, 0.2) is 0 Å². The number of hydrogen-bond acceptors (Lipinski definition) is 3. The topological polar surface area (TPSA) is 70.2 Å². The zero-order valence-electron chi connectivity index (χ0n) is 11.7. The first-order chi connectivity index (χ1) is 9.20. The van der Waals surface area contributed by atoms with Crippen molar-refractivity contribution in [3.8, 4) is 0 Å². The third kappa shape index (κ3) is 3.93. The SMILES string of the molecule is CCNC(=O)CNC(=O)C1CCC2CCCCC2N1. The van der Waals surface area contributed by atoms with Gasteiger partial charge in [-0.1, -0.05) is 12.8 Å². The smallest absolute Gasteiger partial charge is 0.239 e. The van der Waals surface area contributed by atoms with Crippen LogP contribution in [-0.4, -0.2) is 37.0 Å². The molecule has 1 saturated carbocycles. The van der Waals surface area contributed by atoms with Crippen LogP contribution in [0.2, 0.25) is 0 Å². The lowest BCUT2D eigenvalue weighted by molar-refractivity contribution is -0.128. The Kier molecular flexibility index (Phi) is 5.19. The number of piperidine rings is 1. The molecule has 1 aliphatic carbocycles. The molecule has 1 aliphatic heterocycles. The van der Waals surface area contributed by atoms with Crippen molar-refractivity contribution in [3.05, 3.63) is 0 Å². The van der Waals surface area contributed by atoms with Gasteiger partial charge in [0.25, 0.3) is 0 Å². The Morgan fingerprint density at radius 2 is 1.89 bits per heavy atom. The van der Waals surface area contributed by atoms with Gasteiger partial charge in [-0.2, -0.15) is 0 Å². The van der Waals surface area contributed by atoms with Crippen molar-refractivity contribution in [1.82, 2.24) is 16.0 Å². The molecule has 0 bridgehead atoms. The molecule has 3 atom stereocenters. The average molecular weight is 267 g/mol. The first-order valence-corrected chi connectivity index (χ1v) is 7.51. The first-order valence-electron chi connectivity index (χ1n) is 7.51. The molecule has 0 aromatic rings. The van der Waals surface area contributed by atoms with Crippen molar-refractivity contribution >= 4 is 11.8 Å². The number of carbonyl (C=O) groups excluding carboxylic acids is 2. The Hall–Kier alpha value is -1.10. The minimum Gasteiger partial charge on any atom is -0.355 e. The van der Waals surface area contributed by atoms with Gasteiger partial charge in [-0.3, -0.25) is 9.59 Å². The fraction of sp³-hybridized carbons (Fsp3) is 0.857. The molecule has 2 fully saturated rings. The van der Waals surface area contributed by atoms with E-state index in [0.717, 1.165) is 18.8 Å². The zero-order valence-corrected chi connectivity index (χ0v) is 11.7. The molecule has 1 saturated heterocycles. The van der Waals surface area contributed by atoms with Gasteiger partial charge < -0.3 is 16.0 Å². The average Bonchev–Trinajstić information content (AvgIpc) is 2.44. The zero-order chi connectivity index (χ0) is 13.7. The van der Waals surface area contributed by atoms with E-state index in [2.05, 4.69) is 16.0 Å². The van der Waals surface area contributed by atoms with Crippen LogP contribution in [0.15, 0.2) is 0 Å². The fourth-order valence-corrected chi connectivity index (χ4v) is 3.25. The lowest BCUT2D eigenvalue weighted by atomic mass is 9.77. The van der Waals surface area contributed by atoms with Gasteiger partial charge >= 0.3 is 0 Å². The van der Waals surface area contributed by atoms with Crippen molar-refractivity contribution in [3.63, 3.8) is 0 Å². The Labute approximate surface area is 114 Å². The summed E-state index contributed by atoms with van der Waals surface area (Å²) in [5, 5.41) is 8.86. The normalized spacial score (nSPS) is 30.3. The van der Waals surface area contributed by atoms with E-state index in [4.69, 9.17) is 0 Å². The lowest BCUT2D eigenvalue weighted by Crippen LogP contribution is -2.55. The fourth-order valence-electron chi connectivity index (χ4n) is 3.25. The van der Waals surface area contributed by atoms with Crippen molar-refractivity contribution in [2.45, 2.75) is 57.5 Å². The second-order valence-corrected chi connectivity index (χ2v) is 5.62. The maximum Gasteiger partial charge on any atom is 0.239 e. The van der Waals surface area contributed by atoms with E-state index in [1.54, 1.807) is 0 Å². The van der Waals surface area contributed by atoms with Gasteiger partial charge in [-0.25, -0.2) is 0 Å². The highest BCUT2D eigenvalue weighted by atomic mass is 16.2. The molecule has 3 N–H and O–H groups in total. The molecule has 5 nitrogen and oxygen atoms in total. The van der Waals surface area contributed by atoms with Crippen LogP contribution in [0.1, 0.15) is 45.4 Å². The highest BCUT2D eigenvalue weighted by Gasteiger charge is 2.34. The molecule has 1 heterocycles. The number of carbonyl (C=O) groups is 2. The molecule has 2 aliphatic rings. The predicted molar refractivity (Wildman–Crippen MR) is 73.6 cm³/mol. The number of amides is 2. The Morgan fingerprint density at radius 1 is 1.11 bits per heavy atom. The molecule has 0 spiro atoms. The van der Waals surface area contributed by atoms with Gasteiger partial charge in [0, 0.05) is 12.6 Å². The van der Waals surface area contributed by atoms with E-state index in [1.807, 2.05) is 6.92 Å². The van der Waals surface area contributed by atoms with Gasteiger partial charge in [0.1, 0.15) is 0 Å². The number of likely N-dealkylation sites (N-methyl/N-ethyl adjacent to an activating group) is 1. The second-order valence-electron chi connectivity index (χ2n) is 5.62. The van der Waals surface area contributed by atoms with E-state index in [1.165, 1.54) is 25.7 Å². The van der Waals surface area contributed by atoms with Crippen molar-refractivity contribution in [1.29, 1.82) is 0 Å². The number of nitrogens with one attached hydrogen (secondary N) is 3. The molecular weight excluding hydrogens is 242 g/mol. The standard InChI is InChI=1S/C14H25N3O2/c1-2-15-13(18)9-16-14(19)12-8-7-10-5-3-4-6-11(10)17-12/h10-12,17H,2-9H2,1H3,(H,15,18)(H,16,19). The summed E-state index contributed by atoms with van der Waals surface area (Å²) in [6.07, 6.45) is 7.10. The molecule has 0 aromatic carbocycles. The van der Waals surface area contributed by atoms with Crippen LogP contribution in [0.3, 0.4) is 0 Å². The maximum atomic E-state index is 12.0. The molecule has 2 rings (SSSR count). The van der Waals surface area contributed by atoms with Gasteiger partial charge in [-0.15, -0.1) is 0 Å². The van der Waals surface area contributed by atoms with Crippen LogP contribution in [0, 0.1) is 5.92 Å².